The second kappa shape index (κ2) is 7.55. The van der Waals surface area contributed by atoms with Gasteiger partial charge in [0.25, 0.3) is 0 Å². The van der Waals surface area contributed by atoms with Crippen LogP contribution in [0.15, 0.2) is 23.4 Å². The zero-order chi connectivity index (χ0) is 17.1. The van der Waals surface area contributed by atoms with Crippen molar-refractivity contribution in [1.29, 1.82) is 0 Å². The number of nitrogens with zero attached hydrogens (tertiary/aromatic N) is 3. The van der Waals surface area contributed by atoms with Crippen molar-refractivity contribution in [3.05, 3.63) is 18.3 Å². The summed E-state index contributed by atoms with van der Waals surface area (Å²) in [5.41, 5.74) is 0.879. The molecule has 6 heteroatoms. The first-order valence-corrected chi connectivity index (χ1v) is 9.69. The highest BCUT2D eigenvalue weighted by atomic mass is 32.2. The van der Waals surface area contributed by atoms with E-state index in [0.717, 1.165) is 36.6 Å². The van der Waals surface area contributed by atoms with Crippen LogP contribution in [0.3, 0.4) is 0 Å². The van der Waals surface area contributed by atoms with Gasteiger partial charge in [0, 0.05) is 32.3 Å². The molecule has 0 spiro atoms. The average molecular weight is 347 g/mol. The van der Waals surface area contributed by atoms with E-state index < -0.39 is 0 Å². The fourth-order valence-electron chi connectivity index (χ4n) is 3.44. The number of rotatable bonds is 4. The zero-order valence-corrected chi connectivity index (χ0v) is 15.2. The molecule has 0 unspecified atom stereocenters. The number of thioether (sulfide) groups is 1. The summed E-state index contributed by atoms with van der Waals surface area (Å²) >= 11 is 1.44. The summed E-state index contributed by atoms with van der Waals surface area (Å²) in [6, 6.07) is 3.79. The molecule has 0 radical (unpaired) electrons. The first-order valence-electron chi connectivity index (χ1n) is 8.81. The summed E-state index contributed by atoms with van der Waals surface area (Å²) in [6.07, 6.45) is 5.14. The van der Waals surface area contributed by atoms with Gasteiger partial charge < -0.3 is 9.80 Å². The van der Waals surface area contributed by atoms with E-state index in [0.29, 0.717) is 12.5 Å². The Labute approximate surface area is 147 Å². The van der Waals surface area contributed by atoms with E-state index in [4.69, 9.17) is 0 Å². The van der Waals surface area contributed by atoms with Gasteiger partial charge in [0.15, 0.2) is 0 Å². The lowest BCUT2D eigenvalue weighted by Gasteiger charge is -2.35. The minimum Gasteiger partial charge on any atom is -0.342 e. The normalized spacial score (nSPS) is 24.0. The molecule has 1 aromatic rings. The van der Waals surface area contributed by atoms with E-state index in [1.54, 1.807) is 11.1 Å². The van der Waals surface area contributed by atoms with E-state index in [9.17, 15) is 9.59 Å². The molecule has 5 nitrogen and oxygen atoms in total. The number of hydrogen-bond acceptors (Lipinski definition) is 4. The van der Waals surface area contributed by atoms with E-state index >= 15 is 0 Å². The predicted octanol–water partition coefficient (Wildman–Crippen LogP) is 2.95. The fraction of sp³-hybridized carbons (Fsp3) is 0.611. The van der Waals surface area contributed by atoms with Crippen molar-refractivity contribution >= 4 is 29.3 Å². The highest BCUT2D eigenvalue weighted by molar-refractivity contribution is 8.00. The van der Waals surface area contributed by atoms with Crippen LogP contribution in [0.5, 0.6) is 0 Å². The molecule has 24 heavy (non-hydrogen) atoms. The molecule has 0 bridgehead atoms. The molecule has 2 amide bonds. The number of carbonyl (C=O) groups is 2. The molecular weight excluding hydrogens is 322 g/mol. The molecule has 1 aromatic heterocycles. The maximum atomic E-state index is 12.9. The van der Waals surface area contributed by atoms with Crippen molar-refractivity contribution < 1.29 is 9.59 Å². The summed E-state index contributed by atoms with van der Waals surface area (Å²) in [7, 11) is 0. The predicted molar refractivity (Wildman–Crippen MR) is 96.1 cm³/mol. The molecule has 1 fully saturated rings. The molecule has 2 atom stereocenters. The number of likely N-dealkylation sites (tertiary alicyclic amines) is 1. The van der Waals surface area contributed by atoms with Crippen LogP contribution in [0.1, 0.15) is 39.5 Å². The Kier molecular flexibility index (Phi) is 5.43. The minimum atomic E-state index is -0.358. The summed E-state index contributed by atoms with van der Waals surface area (Å²) in [4.78, 5) is 33.7. The van der Waals surface area contributed by atoms with E-state index in [1.807, 2.05) is 17.0 Å². The summed E-state index contributed by atoms with van der Waals surface area (Å²) in [6.45, 7) is 6.55. The minimum absolute atomic E-state index is 0.0424. The molecule has 2 aliphatic heterocycles. The summed E-state index contributed by atoms with van der Waals surface area (Å²) in [5, 5.41) is 0.499. The van der Waals surface area contributed by atoms with Crippen molar-refractivity contribution in [3.8, 4) is 0 Å². The van der Waals surface area contributed by atoms with Crippen molar-refractivity contribution in [3.63, 3.8) is 0 Å². The van der Waals surface area contributed by atoms with Crippen molar-refractivity contribution in [2.75, 3.05) is 24.5 Å². The van der Waals surface area contributed by atoms with Gasteiger partial charge in [-0.3, -0.25) is 9.59 Å². The number of anilines is 1. The maximum Gasteiger partial charge on any atom is 0.241 e. The fourth-order valence-corrected chi connectivity index (χ4v) is 4.59. The third-order valence-corrected chi connectivity index (χ3v) is 5.84. The Morgan fingerprint density at radius 2 is 2.29 bits per heavy atom. The third kappa shape index (κ3) is 3.58. The average Bonchev–Trinajstić information content (AvgIpc) is 2.58. The van der Waals surface area contributed by atoms with Gasteiger partial charge in [0.2, 0.25) is 11.8 Å². The molecule has 3 rings (SSSR count). The largest absolute Gasteiger partial charge is 0.342 e. The number of pyridine rings is 1. The molecule has 1 saturated heterocycles. The molecule has 3 heterocycles. The zero-order valence-electron chi connectivity index (χ0n) is 14.4. The highest BCUT2D eigenvalue weighted by Gasteiger charge is 2.36. The second-order valence-corrected chi connectivity index (χ2v) is 7.91. The van der Waals surface area contributed by atoms with Crippen LogP contribution in [0.4, 0.5) is 5.69 Å². The number of fused-ring (bicyclic) bond motifs is 1. The first kappa shape index (κ1) is 17.3. The lowest BCUT2D eigenvalue weighted by Crippen LogP contribution is -2.45. The maximum absolute atomic E-state index is 12.9. The standard InChI is InChI=1S/C18H25N3O2S/c1-3-9-21-14-7-4-8-19-17(14)24-15(18(21)23)11-16(22)20-10-5-6-13(2)12-20/h4,7-8,13,15H,3,5-6,9-12H2,1-2H3/t13-,15+/m1/s1. The molecule has 130 valence electrons. The number of hydrogen-bond donors (Lipinski definition) is 0. The van der Waals surface area contributed by atoms with Gasteiger partial charge in [-0.15, -0.1) is 0 Å². The Hall–Kier alpha value is -1.56. The molecular formula is C18H25N3O2S. The smallest absolute Gasteiger partial charge is 0.241 e. The van der Waals surface area contributed by atoms with Crippen LogP contribution in [0.2, 0.25) is 0 Å². The molecule has 0 aromatic carbocycles. The van der Waals surface area contributed by atoms with Crippen molar-refractivity contribution in [2.24, 2.45) is 5.92 Å². The number of carbonyl (C=O) groups excluding carboxylic acids is 2. The van der Waals surface area contributed by atoms with Gasteiger partial charge in [-0.05, 0) is 37.3 Å². The Balaban J connectivity index is 1.74. The van der Waals surface area contributed by atoms with E-state index in [1.165, 1.54) is 18.2 Å². The van der Waals surface area contributed by atoms with Gasteiger partial charge in [-0.1, -0.05) is 25.6 Å². The first-order chi connectivity index (χ1) is 11.6. The van der Waals surface area contributed by atoms with Gasteiger partial charge in [0.1, 0.15) is 5.03 Å². The monoisotopic (exact) mass is 347 g/mol. The van der Waals surface area contributed by atoms with Crippen molar-refractivity contribution in [2.45, 2.75) is 49.8 Å². The topological polar surface area (TPSA) is 53.5 Å². The Morgan fingerprint density at radius 1 is 1.46 bits per heavy atom. The highest BCUT2D eigenvalue weighted by Crippen LogP contribution is 2.39. The van der Waals surface area contributed by atoms with Crippen LogP contribution < -0.4 is 4.90 Å². The van der Waals surface area contributed by atoms with Crippen LogP contribution in [0.25, 0.3) is 0 Å². The van der Waals surface area contributed by atoms with Crippen molar-refractivity contribution in [1.82, 2.24) is 9.88 Å². The number of aromatic nitrogens is 1. The SMILES string of the molecule is CCCN1C(=O)[C@H](CC(=O)N2CCC[C@@H](C)C2)Sc2ncccc21. The lowest BCUT2D eigenvalue weighted by molar-refractivity contribution is -0.134. The summed E-state index contributed by atoms with van der Waals surface area (Å²) < 4.78 is 0. The van der Waals surface area contributed by atoms with Crippen LogP contribution in [0, 0.1) is 5.92 Å². The van der Waals surface area contributed by atoms with Gasteiger partial charge in [-0.2, -0.15) is 0 Å². The van der Waals surface area contributed by atoms with E-state index in [-0.39, 0.29) is 23.5 Å². The van der Waals surface area contributed by atoms with Crippen LogP contribution in [-0.4, -0.2) is 46.6 Å². The third-order valence-electron chi connectivity index (χ3n) is 4.65. The van der Waals surface area contributed by atoms with E-state index in [2.05, 4.69) is 18.8 Å². The Bertz CT molecular complexity index is 622. The summed E-state index contributed by atoms with van der Waals surface area (Å²) in [5.74, 6) is 0.695. The quantitative estimate of drug-likeness (QED) is 0.840. The van der Waals surface area contributed by atoms with Gasteiger partial charge in [-0.25, -0.2) is 4.98 Å². The molecule has 2 aliphatic rings. The Morgan fingerprint density at radius 3 is 3.04 bits per heavy atom. The number of amides is 2. The second-order valence-electron chi connectivity index (χ2n) is 6.72. The molecule has 0 N–H and O–H groups in total. The van der Waals surface area contributed by atoms with Gasteiger partial charge in [0.05, 0.1) is 10.9 Å². The molecule has 0 aliphatic carbocycles. The molecule has 0 saturated carbocycles. The van der Waals surface area contributed by atoms with Crippen LogP contribution in [-0.2, 0) is 9.59 Å². The van der Waals surface area contributed by atoms with Crippen LogP contribution >= 0.6 is 11.8 Å². The van der Waals surface area contributed by atoms with Gasteiger partial charge >= 0.3 is 0 Å². The number of piperidine rings is 1. The lowest BCUT2D eigenvalue weighted by atomic mass is 10.00.